The standard InChI is InChI=1S/C22H21NO5/c1-26-17-8-4-15(5-9-17)19-3-2-12-23(19)21(24)14-27-18-10-6-16-7-11-22(25)28-20(16)13-18/h4-11,13,19H,2-3,12,14H2,1H3. The number of benzene rings is 2. The van der Waals surface area contributed by atoms with Gasteiger partial charge in [0.2, 0.25) is 0 Å². The molecule has 0 saturated carbocycles. The van der Waals surface area contributed by atoms with Crippen LogP contribution in [0.2, 0.25) is 0 Å². The molecule has 6 heteroatoms. The summed E-state index contributed by atoms with van der Waals surface area (Å²) in [5.74, 6) is 1.23. The van der Waals surface area contributed by atoms with E-state index in [1.54, 1.807) is 31.4 Å². The Labute approximate surface area is 162 Å². The number of carbonyl (C=O) groups excluding carboxylic acids is 1. The maximum atomic E-state index is 12.7. The molecule has 2 heterocycles. The predicted octanol–water partition coefficient (Wildman–Crippen LogP) is 3.54. The minimum Gasteiger partial charge on any atom is -0.497 e. The highest BCUT2D eigenvalue weighted by Gasteiger charge is 2.30. The van der Waals surface area contributed by atoms with Gasteiger partial charge in [0.1, 0.15) is 17.1 Å². The molecule has 1 aliphatic heterocycles. The highest BCUT2D eigenvalue weighted by Crippen LogP contribution is 2.33. The quantitative estimate of drug-likeness (QED) is 0.634. The lowest BCUT2D eigenvalue weighted by Crippen LogP contribution is -2.34. The SMILES string of the molecule is COc1ccc(C2CCCN2C(=O)COc2ccc3ccc(=O)oc3c2)cc1. The molecule has 0 spiro atoms. The monoisotopic (exact) mass is 379 g/mol. The van der Waals surface area contributed by atoms with E-state index in [4.69, 9.17) is 13.9 Å². The van der Waals surface area contributed by atoms with Crippen LogP contribution in [0.1, 0.15) is 24.4 Å². The average molecular weight is 379 g/mol. The second-order valence-electron chi connectivity index (χ2n) is 6.76. The van der Waals surface area contributed by atoms with Gasteiger partial charge in [0.25, 0.3) is 5.91 Å². The van der Waals surface area contributed by atoms with Crippen molar-refractivity contribution in [1.82, 2.24) is 4.90 Å². The highest BCUT2D eigenvalue weighted by atomic mass is 16.5. The van der Waals surface area contributed by atoms with Crippen LogP contribution in [-0.2, 0) is 4.79 Å². The Bertz CT molecular complexity index is 1040. The van der Waals surface area contributed by atoms with Crippen molar-refractivity contribution in [1.29, 1.82) is 0 Å². The summed E-state index contributed by atoms with van der Waals surface area (Å²) in [6, 6.07) is 16.1. The topological polar surface area (TPSA) is 69.0 Å². The molecule has 1 saturated heterocycles. The molecule has 28 heavy (non-hydrogen) atoms. The first-order valence-electron chi connectivity index (χ1n) is 9.24. The number of amides is 1. The molecule has 1 aliphatic rings. The number of carbonyl (C=O) groups is 1. The lowest BCUT2D eigenvalue weighted by molar-refractivity contribution is -0.134. The van der Waals surface area contributed by atoms with Gasteiger partial charge in [-0.05, 0) is 48.7 Å². The fourth-order valence-electron chi connectivity index (χ4n) is 3.60. The number of ether oxygens (including phenoxy) is 2. The van der Waals surface area contributed by atoms with Crippen LogP contribution in [0.3, 0.4) is 0 Å². The molecule has 6 nitrogen and oxygen atoms in total. The lowest BCUT2D eigenvalue weighted by atomic mass is 10.0. The van der Waals surface area contributed by atoms with Gasteiger partial charge in [-0.25, -0.2) is 4.79 Å². The third-order valence-corrected chi connectivity index (χ3v) is 5.03. The summed E-state index contributed by atoms with van der Waals surface area (Å²) in [5.41, 5.74) is 1.12. The van der Waals surface area contributed by atoms with Crippen molar-refractivity contribution in [3.8, 4) is 11.5 Å². The van der Waals surface area contributed by atoms with E-state index in [0.29, 0.717) is 17.9 Å². The smallest absolute Gasteiger partial charge is 0.336 e. The maximum absolute atomic E-state index is 12.7. The Morgan fingerprint density at radius 3 is 2.64 bits per heavy atom. The number of rotatable bonds is 5. The van der Waals surface area contributed by atoms with E-state index < -0.39 is 5.63 Å². The first-order valence-corrected chi connectivity index (χ1v) is 9.24. The minimum atomic E-state index is -0.417. The van der Waals surface area contributed by atoms with Gasteiger partial charge in [0.05, 0.1) is 13.2 Å². The zero-order valence-corrected chi connectivity index (χ0v) is 15.6. The summed E-state index contributed by atoms with van der Waals surface area (Å²) in [5, 5.41) is 0.803. The Balaban J connectivity index is 1.44. The molecule has 144 valence electrons. The number of hydrogen-bond acceptors (Lipinski definition) is 5. The molecule has 0 aliphatic carbocycles. The average Bonchev–Trinajstić information content (AvgIpc) is 3.21. The van der Waals surface area contributed by atoms with E-state index in [2.05, 4.69) is 0 Å². The number of fused-ring (bicyclic) bond motifs is 1. The molecular weight excluding hydrogens is 358 g/mol. The third-order valence-electron chi connectivity index (χ3n) is 5.03. The van der Waals surface area contributed by atoms with Gasteiger partial charge in [0, 0.05) is 24.1 Å². The number of nitrogens with zero attached hydrogens (tertiary/aromatic N) is 1. The second-order valence-corrected chi connectivity index (χ2v) is 6.76. The van der Waals surface area contributed by atoms with E-state index in [-0.39, 0.29) is 18.6 Å². The largest absolute Gasteiger partial charge is 0.497 e. The molecule has 1 unspecified atom stereocenters. The van der Waals surface area contributed by atoms with Crippen molar-refractivity contribution in [3.05, 3.63) is 70.6 Å². The van der Waals surface area contributed by atoms with E-state index >= 15 is 0 Å². The van der Waals surface area contributed by atoms with E-state index in [1.807, 2.05) is 29.2 Å². The molecule has 1 atom stereocenters. The molecule has 1 aromatic heterocycles. The van der Waals surface area contributed by atoms with Crippen molar-refractivity contribution in [3.63, 3.8) is 0 Å². The molecule has 2 aromatic carbocycles. The van der Waals surface area contributed by atoms with Gasteiger partial charge in [-0.15, -0.1) is 0 Å². The van der Waals surface area contributed by atoms with Gasteiger partial charge < -0.3 is 18.8 Å². The maximum Gasteiger partial charge on any atom is 0.336 e. The summed E-state index contributed by atoms with van der Waals surface area (Å²) in [6.45, 7) is 0.653. The van der Waals surface area contributed by atoms with E-state index in [9.17, 15) is 9.59 Å². The zero-order chi connectivity index (χ0) is 19.5. The first kappa shape index (κ1) is 18.1. The Hall–Kier alpha value is -3.28. The number of methoxy groups -OCH3 is 1. The van der Waals surface area contributed by atoms with Crippen LogP contribution in [-0.4, -0.2) is 31.1 Å². The fourth-order valence-corrected chi connectivity index (χ4v) is 3.60. The molecule has 1 fully saturated rings. The molecular formula is C22H21NO5. The zero-order valence-electron chi connectivity index (χ0n) is 15.6. The van der Waals surface area contributed by atoms with Gasteiger partial charge in [-0.3, -0.25) is 4.79 Å². The van der Waals surface area contributed by atoms with Gasteiger partial charge >= 0.3 is 5.63 Å². The van der Waals surface area contributed by atoms with Gasteiger partial charge in [-0.2, -0.15) is 0 Å². The highest BCUT2D eigenvalue weighted by molar-refractivity contribution is 5.80. The fraction of sp³-hybridized carbons (Fsp3) is 0.273. The van der Waals surface area contributed by atoms with Crippen LogP contribution in [0, 0.1) is 0 Å². The van der Waals surface area contributed by atoms with Crippen molar-refractivity contribution < 1.29 is 18.7 Å². The molecule has 0 radical (unpaired) electrons. The second kappa shape index (κ2) is 7.76. The Morgan fingerprint density at radius 1 is 1.11 bits per heavy atom. The lowest BCUT2D eigenvalue weighted by Gasteiger charge is -2.25. The van der Waals surface area contributed by atoms with E-state index in [0.717, 1.165) is 29.5 Å². The molecule has 0 N–H and O–H groups in total. The summed E-state index contributed by atoms with van der Waals surface area (Å²) in [7, 11) is 1.63. The first-order chi connectivity index (χ1) is 13.6. The van der Waals surface area contributed by atoms with E-state index in [1.165, 1.54) is 6.07 Å². The van der Waals surface area contributed by atoms with Crippen LogP contribution in [0.5, 0.6) is 11.5 Å². The number of hydrogen-bond donors (Lipinski definition) is 0. The Kier molecular flexibility index (Phi) is 5.02. The van der Waals surface area contributed by atoms with Crippen LogP contribution >= 0.6 is 0 Å². The predicted molar refractivity (Wildman–Crippen MR) is 105 cm³/mol. The van der Waals surface area contributed by atoms with Crippen molar-refractivity contribution in [2.45, 2.75) is 18.9 Å². The van der Waals surface area contributed by atoms with Crippen LogP contribution in [0.4, 0.5) is 0 Å². The van der Waals surface area contributed by atoms with Gasteiger partial charge in [0.15, 0.2) is 6.61 Å². The van der Waals surface area contributed by atoms with Crippen molar-refractivity contribution >= 4 is 16.9 Å². The van der Waals surface area contributed by atoms with Crippen LogP contribution in [0.15, 0.2) is 63.8 Å². The third kappa shape index (κ3) is 3.71. The molecule has 0 bridgehead atoms. The van der Waals surface area contributed by atoms with Crippen LogP contribution in [0.25, 0.3) is 11.0 Å². The summed E-state index contributed by atoms with van der Waals surface area (Å²) < 4.78 is 16.0. The summed E-state index contributed by atoms with van der Waals surface area (Å²) >= 11 is 0. The summed E-state index contributed by atoms with van der Waals surface area (Å²) in [4.78, 5) is 26.0. The van der Waals surface area contributed by atoms with Crippen LogP contribution < -0.4 is 15.1 Å². The van der Waals surface area contributed by atoms with Crippen molar-refractivity contribution in [2.75, 3.05) is 20.3 Å². The van der Waals surface area contributed by atoms with Gasteiger partial charge in [-0.1, -0.05) is 12.1 Å². The number of likely N-dealkylation sites (tertiary alicyclic amines) is 1. The minimum absolute atomic E-state index is 0.0524. The molecule has 4 rings (SSSR count). The summed E-state index contributed by atoms with van der Waals surface area (Å²) in [6.07, 6.45) is 1.89. The molecule has 1 amide bonds. The Morgan fingerprint density at radius 2 is 1.86 bits per heavy atom. The molecule has 3 aromatic rings. The van der Waals surface area contributed by atoms with Crippen molar-refractivity contribution in [2.24, 2.45) is 0 Å². The normalized spacial score (nSPS) is 16.3.